The van der Waals surface area contributed by atoms with Crippen molar-refractivity contribution >= 4 is 5.96 Å². The maximum absolute atomic E-state index is 5.92. The van der Waals surface area contributed by atoms with Crippen LogP contribution in [0.25, 0.3) is 0 Å². The molecular weight excluding hydrogens is 292 g/mol. The van der Waals surface area contributed by atoms with Gasteiger partial charge in [-0.15, -0.1) is 0 Å². The van der Waals surface area contributed by atoms with Gasteiger partial charge in [-0.05, 0) is 25.7 Å². The molecule has 1 aromatic rings. The van der Waals surface area contributed by atoms with E-state index in [2.05, 4.69) is 27.7 Å². The highest BCUT2D eigenvalue weighted by Gasteiger charge is 2.13. The van der Waals surface area contributed by atoms with E-state index in [-0.39, 0.29) is 0 Å². The summed E-state index contributed by atoms with van der Waals surface area (Å²) in [5.41, 5.74) is 0.976. The van der Waals surface area contributed by atoms with Crippen molar-refractivity contribution in [3.8, 4) is 0 Å². The SMILES string of the molecule is CCc1cc(CNC(=NC)NCCCOC2CCCCC2)on1. The molecule has 6 nitrogen and oxygen atoms in total. The molecule has 0 aromatic carbocycles. The summed E-state index contributed by atoms with van der Waals surface area (Å²) in [6.45, 7) is 4.32. The Balaban J connectivity index is 1.55. The van der Waals surface area contributed by atoms with E-state index >= 15 is 0 Å². The predicted octanol–water partition coefficient (Wildman–Crippen LogP) is 2.64. The summed E-state index contributed by atoms with van der Waals surface area (Å²) in [5, 5.41) is 10.5. The Hall–Kier alpha value is -1.56. The van der Waals surface area contributed by atoms with E-state index in [4.69, 9.17) is 9.26 Å². The third-order valence-corrected chi connectivity index (χ3v) is 4.14. The third kappa shape index (κ3) is 6.60. The standard InChI is InChI=1S/C17H30N4O2/c1-3-14-12-16(23-21-14)13-20-17(18-2)19-10-7-11-22-15-8-5-4-6-9-15/h12,15H,3-11,13H2,1-2H3,(H2,18,19,20). The molecule has 1 fully saturated rings. The number of aliphatic imine (C=N–C) groups is 1. The van der Waals surface area contributed by atoms with Gasteiger partial charge in [0.2, 0.25) is 0 Å². The molecule has 0 saturated heterocycles. The Bertz CT molecular complexity index is 467. The Morgan fingerprint density at radius 2 is 2.17 bits per heavy atom. The molecule has 0 amide bonds. The van der Waals surface area contributed by atoms with Gasteiger partial charge in [0.15, 0.2) is 11.7 Å². The molecule has 1 aliphatic rings. The number of nitrogens with one attached hydrogen (secondary N) is 2. The highest BCUT2D eigenvalue weighted by atomic mass is 16.5. The number of rotatable bonds is 8. The molecule has 2 rings (SSSR count). The molecule has 0 atom stereocenters. The minimum absolute atomic E-state index is 0.486. The van der Waals surface area contributed by atoms with E-state index < -0.39 is 0 Å². The van der Waals surface area contributed by atoms with Gasteiger partial charge in [-0.3, -0.25) is 4.99 Å². The molecule has 0 spiro atoms. The van der Waals surface area contributed by atoms with Crippen LogP contribution in [-0.4, -0.2) is 37.4 Å². The summed E-state index contributed by atoms with van der Waals surface area (Å²) in [6.07, 6.45) is 8.83. The zero-order valence-electron chi connectivity index (χ0n) is 14.4. The highest BCUT2D eigenvalue weighted by molar-refractivity contribution is 5.79. The Morgan fingerprint density at radius 3 is 2.87 bits per heavy atom. The fourth-order valence-electron chi connectivity index (χ4n) is 2.76. The van der Waals surface area contributed by atoms with Crippen molar-refractivity contribution in [3.05, 3.63) is 17.5 Å². The second-order valence-corrected chi connectivity index (χ2v) is 5.98. The van der Waals surface area contributed by atoms with Gasteiger partial charge < -0.3 is 19.9 Å². The quantitative estimate of drug-likeness (QED) is 0.437. The highest BCUT2D eigenvalue weighted by Crippen LogP contribution is 2.20. The van der Waals surface area contributed by atoms with Crippen LogP contribution in [-0.2, 0) is 17.7 Å². The molecule has 2 N–H and O–H groups in total. The van der Waals surface area contributed by atoms with Crippen LogP contribution in [0.3, 0.4) is 0 Å². The van der Waals surface area contributed by atoms with Crippen LogP contribution in [0.5, 0.6) is 0 Å². The summed E-state index contributed by atoms with van der Waals surface area (Å²) >= 11 is 0. The number of guanidine groups is 1. The summed E-state index contributed by atoms with van der Waals surface area (Å²) in [5.74, 6) is 1.60. The van der Waals surface area contributed by atoms with Gasteiger partial charge >= 0.3 is 0 Å². The summed E-state index contributed by atoms with van der Waals surface area (Å²) in [6, 6.07) is 1.97. The van der Waals surface area contributed by atoms with Crippen molar-refractivity contribution in [1.29, 1.82) is 0 Å². The molecule has 1 aromatic heterocycles. The molecule has 0 aliphatic heterocycles. The monoisotopic (exact) mass is 322 g/mol. The first-order valence-electron chi connectivity index (χ1n) is 8.82. The molecule has 1 aliphatic carbocycles. The molecule has 6 heteroatoms. The van der Waals surface area contributed by atoms with Crippen LogP contribution in [0.15, 0.2) is 15.6 Å². The average Bonchev–Trinajstić information content (AvgIpc) is 3.06. The maximum atomic E-state index is 5.92. The molecular formula is C17H30N4O2. The maximum Gasteiger partial charge on any atom is 0.191 e. The molecule has 1 saturated carbocycles. The van der Waals surface area contributed by atoms with Crippen LogP contribution in [0.4, 0.5) is 0 Å². The summed E-state index contributed by atoms with van der Waals surface area (Å²) < 4.78 is 11.2. The number of nitrogens with zero attached hydrogens (tertiary/aromatic N) is 2. The number of aromatic nitrogens is 1. The molecule has 130 valence electrons. The Kier molecular flexibility index (Phi) is 7.93. The molecule has 0 bridgehead atoms. The van der Waals surface area contributed by atoms with Gasteiger partial charge in [0.1, 0.15) is 0 Å². The molecule has 23 heavy (non-hydrogen) atoms. The van der Waals surface area contributed by atoms with Gasteiger partial charge in [0, 0.05) is 26.3 Å². The second-order valence-electron chi connectivity index (χ2n) is 5.98. The molecule has 0 unspecified atom stereocenters. The first-order valence-corrected chi connectivity index (χ1v) is 8.82. The smallest absolute Gasteiger partial charge is 0.191 e. The van der Waals surface area contributed by atoms with Gasteiger partial charge in [0.05, 0.1) is 18.3 Å². The van der Waals surface area contributed by atoms with Crippen LogP contribution in [0, 0.1) is 0 Å². The number of hydrogen-bond acceptors (Lipinski definition) is 4. The number of ether oxygens (including phenoxy) is 1. The van der Waals surface area contributed by atoms with Gasteiger partial charge in [-0.25, -0.2) is 0 Å². The fraction of sp³-hybridized carbons (Fsp3) is 0.765. The van der Waals surface area contributed by atoms with E-state index in [1.165, 1.54) is 32.1 Å². The average molecular weight is 322 g/mol. The second kappa shape index (κ2) is 10.3. The lowest BCUT2D eigenvalue weighted by Gasteiger charge is -2.22. The molecule has 1 heterocycles. The third-order valence-electron chi connectivity index (χ3n) is 4.14. The minimum Gasteiger partial charge on any atom is -0.378 e. The van der Waals surface area contributed by atoms with Crippen molar-refractivity contribution in [1.82, 2.24) is 15.8 Å². The minimum atomic E-state index is 0.486. The van der Waals surface area contributed by atoms with Crippen LogP contribution < -0.4 is 10.6 Å². The Morgan fingerprint density at radius 1 is 1.35 bits per heavy atom. The van der Waals surface area contributed by atoms with E-state index in [9.17, 15) is 0 Å². The summed E-state index contributed by atoms with van der Waals surface area (Å²) in [4.78, 5) is 4.21. The summed E-state index contributed by atoms with van der Waals surface area (Å²) in [7, 11) is 1.77. The number of aryl methyl sites for hydroxylation is 1. The topological polar surface area (TPSA) is 71.7 Å². The lowest BCUT2D eigenvalue weighted by molar-refractivity contribution is 0.0277. The van der Waals surface area contributed by atoms with Crippen molar-refractivity contribution in [2.24, 2.45) is 4.99 Å². The van der Waals surface area contributed by atoms with Crippen LogP contribution in [0.1, 0.15) is 56.9 Å². The zero-order valence-corrected chi connectivity index (χ0v) is 14.4. The van der Waals surface area contributed by atoms with Crippen molar-refractivity contribution < 1.29 is 9.26 Å². The first kappa shape index (κ1) is 17.8. The van der Waals surface area contributed by atoms with E-state index in [0.717, 1.165) is 43.4 Å². The fourth-order valence-corrected chi connectivity index (χ4v) is 2.76. The largest absolute Gasteiger partial charge is 0.378 e. The number of hydrogen-bond donors (Lipinski definition) is 2. The van der Waals surface area contributed by atoms with Crippen LogP contribution in [0.2, 0.25) is 0 Å². The zero-order chi connectivity index (χ0) is 16.3. The van der Waals surface area contributed by atoms with Gasteiger partial charge in [0.25, 0.3) is 0 Å². The lowest BCUT2D eigenvalue weighted by atomic mass is 9.98. The van der Waals surface area contributed by atoms with Crippen LogP contribution >= 0.6 is 0 Å². The van der Waals surface area contributed by atoms with Gasteiger partial charge in [-0.1, -0.05) is 31.3 Å². The van der Waals surface area contributed by atoms with Gasteiger partial charge in [-0.2, -0.15) is 0 Å². The van der Waals surface area contributed by atoms with E-state index in [1.54, 1.807) is 7.05 Å². The normalized spacial score (nSPS) is 16.5. The Labute approximate surface area is 139 Å². The van der Waals surface area contributed by atoms with Crippen molar-refractivity contribution in [2.45, 2.75) is 64.5 Å². The molecule has 0 radical (unpaired) electrons. The first-order chi connectivity index (χ1) is 11.3. The lowest BCUT2D eigenvalue weighted by Crippen LogP contribution is -2.37. The predicted molar refractivity (Wildman–Crippen MR) is 91.5 cm³/mol. The van der Waals surface area contributed by atoms with E-state index in [0.29, 0.717) is 12.6 Å². The van der Waals surface area contributed by atoms with Crippen molar-refractivity contribution in [3.63, 3.8) is 0 Å². The van der Waals surface area contributed by atoms with E-state index in [1.807, 2.05) is 6.07 Å². The van der Waals surface area contributed by atoms with Crippen molar-refractivity contribution in [2.75, 3.05) is 20.2 Å².